The number of ether oxygens (including phenoxy) is 1. The molecule has 2 heterocycles. The molecule has 1 saturated carbocycles. The minimum absolute atomic E-state index is 0.263. The lowest BCUT2D eigenvalue weighted by atomic mass is 9.91. The summed E-state index contributed by atoms with van der Waals surface area (Å²) >= 11 is 7.18. The fourth-order valence-electron chi connectivity index (χ4n) is 4.32. The number of hydrogen-bond donors (Lipinski definition) is 2. The third kappa shape index (κ3) is 5.59. The summed E-state index contributed by atoms with van der Waals surface area (Å²) in [4.78, 5) is 28.3. The average Bonchev–Trinajstić information content (AvgIpc) is 3.09. The Morgan fingerprint density at radius 3 is 2.52 bits per heavy atom. The maximum atomic E-state index is 12.8. The van der Waals surface area contributed by atoms with E-state index < -0.39 is 11.8 Å². The van der Waals surface area contributed by atoms with Gasteiger partial charge in [-0.25, -0.2) is 4.79 Å². The van der Waals surface area contributed by atoms with E-state index >= 15 is 0 Å². The van der Waals surface area contributed by atoms with Gasteiger partial charge in [-0.1, -0.05) is 24.1 Å². The molecule has 0 unspecified atom stereocenters. The second-order valence-electron chi connectivity index (χ2n) is 8.41. The molecule has 4 rings (SSSR count). The van der Waals surface area contributed by atoms with E-state index in [4.69, 9.17) is 16.3 Å². The van der Waals surface area contributed by atoms with Crippen LogP contribution in [0.5, 0.6) is 0 Å². The predicted octanol–water partition coefficient (Wildman–Crippen LogP) is 5.07. The molecule has 6 nitrogen and oxygen atoms in total. The number of rotatable bonds is 4. The van der Waals surface area contributed by atoms with Crippen molar-refractivity contribution >= 4 is 40.6 Å². The van der Waals surface area contributed by atoms with Crippen molar-refractivity contribution in [2.45, 2.75) is 50.7 Å². The van der Waals surface area contributed by atoms with Crippen LogP contribution in [-0.4, -0.2) is 42.8 Å². The Balaban J connectivity index is 1.44. The summed E-state index contributed by atoms with van der Waals surface area (Å²) in [7, 11) is 2.13. The molecule has 0 spiro atoms. The zero-order valence-electron chi connectivity index (χ0n) is 17.7. The van der Waals surface area contributed by atoms with Crippen molar-refractivity contribution in [1.29, 1.82) is 0 Å². The number of hydrogen-bond acceptors (Lipinski definition) is 5. The monoisotopic (exact) mass is 461 g/mol. The van der Waals surface area contributed by atoms with Crippen LogP contribution in [0.4, 0.5) is 10.5 Å². The topological polar surface area (TPSA) is 70.7 Å². The number of fused-ring (bicyclic) bond motifs is 1. The van der Waals surface area contributed by atoms with Crippen LogP contribution in [-0.2, 0) is 17.6 Å². The first-order chi connectivity index (χ1) is 14.9. The van der Waals surface area contributed by atoms with E-state index in [1.54, 1.807) is 12.1 Å². The highest BCUT2D eigenvalue weighted by Gasteiger charge is 2.38. The number of anilines is 1. The Kier molecular flexibility index (Phi) is 6.84. The molecule has 1 aromatic carbocycles. The molecule has 2 N–H and O–H groups in total. The molecule has 2 amide bonds. The summed E-state index contributed by atoms with van der Waals surface area (Å²) in [6.07, 6.45) is 5.47. The zero-order valence-corrected chi connectivity index (χ0v) is 19.3. The minimum Gasteiger partial charge on any atom is -0.423 e. The standard InChI is InChI=1S/C23H28ClN3O3S/c1-27-13-9-16-5-6-18(15-17(16)10-14-27)25-22(29)30-23(11-3-2-4-12-23)26-21(28)19-7-8-20(24)31-19/h5-8,15H,2-4,9-14H2,1H3,(H,25,29)(H,26,28). The third-order valence-electron chi connectivity index (χ3n) is 6.07. The van der Waals surface area contributed by atoms with Crippen molar-refractivity contribution in [3.05, 3.63) is 50.7 Å². The van der Waals surface area contributed by atoms with Gasteiger partial charge in [0.05, 0.1) is 9.21 Å². The summed E-state index contributed by atoms with van der Waals surface area (Å²) in [6, 6.07) is 9.42. The summed E-state index contributed by atoms with van der Waals surface area (Å²) in [6.45, 7) is 2.04. The minimum atomic E-state index is -0.996. The fourth-order valence-corrected chi connectivity index (χ4v) is 5.25. The Morgan fingerprint density at radius 1 is 1.06 bits per heavy atom. The Morgan fingerprint density at radius 2 is 1.81 bits per heavy atom. The molecule has 1 aliphatic carbocycles. The van der Waals surface area contributed by atoms with Gasteiger partial charge >= 0.3 is 6.09 Å². The van der Waals surface area contributed by atoms with Crippen molar-refractivity contribution in [3.8, 4) is 0 Å². The molecular weight excluding hydrogens is 434 g/mol. The number of likely N-dealkylation sites (N-methyl/N-ethyl adjacent to an activating group) is 1. The molecule has 31 heavy (non-hydrogen) atoms. The first-order valence-corrected chi connectivity index (χ1v) is 12.0. The quantitative estimate of drug-likeness (QED) is 0.623. The van der Waals surface area contributed by atoms with Crippen molar-refractivity contribution in [2.24, 2.45) is 0 Å². The van der Waals surface area contributed by atoms with Gasteiger partial charge in [0.2, 0.25) is 0 Å². The van der Waals surface area contributed by atoms with Crippen LogP contribution < -0.4 is 10.6 Å². The van der Waals surface area contributed by atoms with Crippen molar-refractivity contribution in [1.82, 2.24) is 10.2 Å². The van der Waals surface area contributed by atoms with E-state index in [2.05, 4.69) is 28.6 Å². The van der Waals surface area contributed by atoms with Crippen LogP contribution in [0.1, 0.15) is 52.9 Å². The lowest BCUT2D eigenvalue weighted by Gasteiger charge is -2.37. The number of halogens is 1. The maximum absolute atomic E-state index is 12.8. The molecule has 0 radical (unpaired) electrons. The highest BCUT2D eigenvalue weighted by Crippen LogP contribution is 2.31. The second-order valence-corrected chi connectivity index (χ2v) is 10.1. The van der Waals surface area contributed by atoms with Gasteiger partial charge in [-0.15, -0.1) is 11.3 Å². The van der Waals surface area contributed by atoms with Crippen molar-refractivity contribution < 1.29 is 14.3 Å². The van der Waals surface area contributed by atoms with E-state index in [-0.39, 0.29) is 5.91 Å². The molecule has 0 bridgehead atoms. The van der Waals surface area contributed by atoms with Gasteiger partial charge < -0.3 is 15.0 Å². The molecule has 2 aliphatic rings. The van der Waals surface area contributed by atoms with Gasteiger partial charge in [0.1, 0.15) is 0 Å². The molecule has 2 aromatic rings. The first kappa shape index (κ1) is 22.1. The van der Waals surface area contributed by atoms with Crippen LogP contribution in [0.25, 0.3) is 0 Å². The summed E-state index contributed by atoms with van der Waals surface area (Å²) in [5.41, 5.74) is 2.31. The highest BCUT2D eigenvalue weighted by molar-refractivity contribution is 7.18. The second kappa shape index (κ2) is 9.59. The van der Waals surface area contributed by atoms with Gasteiger partial charge in [0.15, 0.2) is 5.72 Å². The number of nitrogens with zero attached hydrogens (tertiary/aromatic N) is 1. The smallest absolute Gasteiger partial charge is 0.413 e. The van der Waals surface area contributed by atoms with Gasteiger partial charge in [-0.05, 0) is 68.1 Å². The zero-order chi connectivity index (χ0) is 21.8. The van der Waals surface area contributed by atoms with Crippen LogP contribution >= 0.6 is 22.9 Å². The summed E-state index contributed by atoms with van der Waals surface area (Å²) < 4.78 is 6.40. The molecular formula is C23H28ClN3O3S. The van der Waals surface area contributed by atoms with E-state index in [0.29, 0.717) is 22.1 Å². The number of thiophene rings is 1. The lowest BCUT2D eigenvalue weighted by Crippen LogP contribution is -2.53. The summed E-state index contributed by atoms with van der Waals surface area (Å²) in [5, 5.41) is 5.83. The average molecular weight is 462 g/mol. The molecule has 0 atom stereocenters. The molecule has 8 heteroatoms. The van der Waals surface area contributed by atoms with Gasteiger partial charge in [0, 0.05) is 31.6 Å². The normalized spacial score (nSPS) is 18.5. The molecule has 166 valence electrons. The molecule has 1 aliphatic heterocycles. The fraction of sp³-hybridized carbons (Fsp3) is 0.478. The number of carbonyl (C=O) groups is 2. The van der Waals surface area contributed by atoms with Gasteiger partial charge in [-0.3, -0.25) is 10.1 Å². The van der Waals surface area contributed by atoms with Crippen molar-refractivity contribution in [2.75, 3.05) is 25.5 Å². The third-order valence-corrected chi connectivity index (χ3v) is 7.30. The van der Waals surface area contributed by atoms with Crippen molar-refractivity contribution in [3.63, 3.8) is 0 Å². The van der Waals surface area contributed by atoms with E-state index in [0.717, 1.165) is 50.9 Å². The van der Waals surface area contributed by atoms with Crippen LogP contribution in [0, 0.1) is 0 Å². The summed E-state index contributed by atoms with van der Waals surface area (Å²) in [5.74, 6) is -0.263. The molecule has 1 aromatic heterocycles. The lowest BCUT2D eigenvalue weighted by molar-refractivity contribution is -0.0308. The maximum Gasteiger partial charge on any atom is 0.413 e. The predicted molar refractivity (Wildman–Crippen MR) is 124 cm³/mol. The number of benzene rings is 1. The largest absolute Gasteiger partial charge is 0.423 e. The molecule has 0 saturated heterocycles. The van der Waals surface area contributed by atoms with E-state index in [1.165, 1.54) is 22.5 Å². The SMILES string of the molecule is CN1CCc2ccc(NC(=O)OC3(NC(=O)c4ccc(Cl)s4)CCCCC3)cc2CC1. The van der Waals surface area contributed by atoms with Crippen LogP contribution in [0.2, 0.25) is 4.34 Å². The number of nitrogens with one attached hydrogen (secondary N) is 2. The Labute approximate surface area is 191 Å². The van der Waals surface area contributed by atoms with Crippen LogP contribution in [0.3, 0.4) is 0 Å². The first-order valence-electron chi connectivity index (χ1n) is 10.8. The van der Waals surface area contributed by atoms with Gasteiger partial charge in [-0.2, -0.15) is 0 Å². The molecule has 1 fully saturated rings. The van der Waals surface area contributed by atoms with E-state index in [9.17, 15) is 9.59 Å². The number of carbonyl (C=O) groups excluding carboxylic acids is 2. The van der Waals surface area contributed by atoms with Crippen LogP contribution in [0.15, 0.2) is 30.3 Å². The number of amides is 2. The Bertz CT molecular complexity index is 955. The highest BCUT2D eigenvalue weighted by atomic mass is 35.5. The van der Waals surface area contributed by atoms with E-state index in [1.807, 2.05) is 12.1 Å². The Hall–Kier alpha value is -2.09. The van der Waals surface area contributed by atoms with Gasteiger partial charge in [0.25, 0.3) is 5.91 Å².